The van der Waals surface area contributed by atoms with E-state index in [1.165, 1.54) is 12.1 Å². The van der Waals surface area contributed by atoms with Gasteiger partial charge in [-0.2, -0.15) is 18.3 Å². The predicted octanol–water partition coefficient (Wildman–Crippen LogP) is 6.97. The number of anilines is 3. The van der Waals surface area contributed by atoms with Crippen molar-refractivity contribution < 1.29 is 26.7 Å². The van der Waals surface area contributed by atoms with Crippen LogP contribution in [-0.2, 0) is 6.42 Å². The number of hydrogen-bond donors (Lipinski definition) is 3. The molecule has 0 unspecified atom stereocenters. The second-order valence-corrected chi connectivity index (χ2v) is 12.1. The van der Waals surface area contributed by atoms with Gasteiger partial charge in [-0.25, -0.2) is 8.78 Å². The molecule has 3 N–H and O–H groups in total. The van der Waals surface area contributed by atoms with Crippen molar-refractivity contribution in [2.45, 2.75) is 44.3 Å². The van der Waals surface area contributed by atoms with E-state index in [0.29, 0.717) is 46.4 Å². The van der Waals surface area contributed by atoms with Crippen LogP contribution in [0.5, 0.6) is 0 Å². The van der Waals surface area contributed by atoms with Gasteiger partial charge in [-0.05, 0) is 92.7 Å². The largest absolute Gasteiger partial charge is 0.391 e. The number of carbonyl (C=O) groups excluding carboxylic acids is 1. The Kier molecular flexibility index (Phi) is 8.67. The van der Waals surface area contributed by atoms with Gasteiger partial charge in [0.1, 0.15) is 11.6 Å². The smallest absolute Gasteiger partial charge is 0.382 e. The van der Waals surface area contributed by atoms with Gasteiger partial charge >= 0.3 is 6.18 Å². The molecule has 3 aromatic carbocycles. The SMILES string of the molecule is CN1CCN(c2ccc(C(=O)Nc3n[nH]c4ccc(Cc5cc(F)cc(F)c5)cc34)c(NC3CCC(C(F)(F)F)CC3)c2)CC1. The zero-order chi connectivity index (χ0) is 31.7. The molecule has 1 aliphatic carbocycles. The van der Waals surface area contributed by atoms with Crippen LogP contribution < -0.4 is 15.5 Å². The number of halogens is 5. The summed E-state index contributed by atoms with van der Waals surface area (Å²) in [5, 5.41) is 14.1. The quantitative estimate of drug-likeness (QED) is 0.193. The van der Waals surface area contributed by atoms with E-state index >= 15 is 0 Å². The van der Waals surface area contributed by atoms with E-state index in [4.69, 9.17) is 0 Å². The predicted molar refractivity (Wildman–Crippen MR) is 165 cm³/mol. The molecule has 2 fully saturated rings. The van der Waals surface area contributed by atoms with Crippen molar-refractivity contribution in [3.63, 3.8) is 0 Å². The number of aromatic nitrogens is 2. The highest BCUT2D eigenvalue weighted by Gasteiger charge is 2.41. The molecule has 4 aromatic rings. The summed E-state index contributed by atoms with van der Waals surface area (Å²) >= 11 is 0. The summed E-state index contributed by atoms with van der Waals surface area (Å²) in [6, 6.07) is 14.2. The van der Waals surface area contributed by atoms with Gasteiger partial charge in [0, 0.05) is 55.0 Å². The lowest BCUT2D eigenvalue weighted by Gasteiger charge is -2.35. The number of piperazine rings is 1. The summed E-state index contributed by atoms with van der Waals surface area (Å²) in [5.74, 6) is -2.73. The summed E-state index contributed by atoms with van der Waals surface area (Å²) in [5.41, 5.74) is 3.78. The van der Waals surface area contributed by atoms with Crippen LogP contribution in [0, 0.1) is 17.6 Å². The second kappa shape index (κ2) is 12.7. The number of benzene rings is 3. The number of carbonyl (C=O) groups is 1. The fourth-order valence-corrected chi connectivity index (χ4v) is 6.29. The number of alkyl halides is 3. The van der Waals surface area contributed by atoms with Crippen molar-refractivity contribution >= 4 is 34.0 Å². The molecule has 1 aliphatic heterocycles. The van der Waals surface area contributed by atoms with Gasteiger partial charge in [-0.15, -0.1) is 0 Å². The number of nitrogens with one attached hydrogen (secondary N) is 3. The molecule has 1 saturated heterocycles. The van der Waals surface area contributed by atoms with Crippen molar-refractivity contribution in [3.8, 4) is 0 Å². The number of aromatic amines is 1. The van der Waals surface area contributed by atoms with E-state index in [9.17, 15) is 26.7 Å². The first-order valence-corrected chi connectivity index (χ1v) is 15.2. The minimum atomic E-state index is -4.20. The number of rotatable bonds is 7. The van der Waals surface area contributed by atoms with Crippen molar-refractivity contribution in [3.05, 3.63) is 82.9 Å². The number of nitrogens with zero attached hydrogens (tertiary/aromatic N) is 3. The number of H-pyrrole nitrogens is 1. The van der Waals surface area contributed by atoms with Gasteiger partial charge < -0.3 is 20.4 Å². The minimum absolute atomic E-state index is 0.0463. The minimum Gasteiger partial charge on any atom is -0.382 e. The first-order valence-electron chi connectivity index (χ1n) is 15.2. The van der Waals surface area contributed by atoms with Crippen LogP contribution in [0.1, 0.15) is 47.2 Å². The molecule has 2 aliphatic rings. The Morgan fingerprint density at radius 2 is 1.62 bits per heavy atom. The fraction of sp³-hybridized carbons (Fsp3) is 0.394. The van der Waals surface area contributed by atoms with Gasteiger partial charge in [0.15, 0.2) is 5.82 Å². The van der Waals surface area contributed by atoms with Crippen LogP contribution >= 0.6 is 0 Å². The molecule has 1 aromatic heterocycles. The maximum atomic E-state index is 13.7. The maximum absolute atomic E-state index is 13.7. The lowest BCUT2D eigenvalue weighted by Crippen LogP contribution is -2.44. The third-order valence-electron chi connectivity index (χ3n) is 8.86. The normalized spacial score (nSPS) is 19.6. The van der Waals surface area contributed by atoms with Crippen LogP contribution in [-0.4, -0.2) is 66.4 Å². The Hall–Kier alpha value is -4.19. The van der Waals surface area contributed by atoms with Crippen molar-refractivity contribution in [1.82, 2.24) is 15.1 Å². The summed E-state index contributed by atoms with van der Waals surface area (Å²) in [7, 11) is 2.07. The Morgan fingerprint density at radius 1 is 0.911 bits per heavy atom. The number of amides is 1. The van der Waals surface area contributed by atoms with E-state index in [1.54, 1.807) is 12.1 Å². The molecule has 1 amide bonds. The van der Waals surface area contributed by atoms with E-state index in [-0.39, 0.29) is 25.3 Å². The van der Waals surface area contributed by atoms with E-state index in [2.05, 4.69) is 37.7 Å². The summed E-state index contributed by atoms with van der Waals surface area (Å²) in [6.45, 7) is 3.44. The molecule has 0 spiro atoms. The van der Waals surface area contributed by atoms with Crippen LogP contribution in [0.15, 0.2) is 54.6 Å². The highest BCUT2D eigenvalue weighted by molar-refractivity contribution is 6.11. The Balaban J connectivity index is 1.24. The molecule has 45 heavy (non-hydrogen) atoms. The van der Waals surface area contributed by atoms with Crippen LogP contribution in [0.25, 0.3) is 10.9 Å². The molecule has 6 rings (SSSR count). The molecular formula is C33H35F5N6O. The first kappa shape index (κ1) is 30.8. The van der Waals surface area contributed by atoms with Crippen LogP contribution in [0.4, 0.5) is 39.1 Å². The van der Waals surface area contributed by atoms with E-state index in [0.717, 1.165) is 43.5 Å². The van der Waals surface area contributed by atoms with Gasteiger partial charge in [0.2, 0.25) is 0 Å². The molecule has 238 valence electrons. The highest BCUT2D eigenvalue weighted by Crippen LogP contribution is 2.39. The average Bonchev–Trinajstić information content (AvgIpc) is 3.38. The Bertz CT molecular complexity index is 1650. The van der Waals surface area contributed by atoms with Crippen molar-refractivity contribution in [2.75, 3.05) is 48.8 Å². The standard InChI is InChI=1S/C33H35F5N6O/c1-43-10-12-44(13-11-43)26-7-8-27(30(19-26)39-25-5-3-22(4-6-25)33(36,37)38)32(45)40-31-28-17-20(2-9-29(28)41-42-31)14-21-15-23(34)18-24(35)16-21/h2,7-9,15-19,22,25,39H,3-6,10-14H2,1H3,(H2,40,41,42,45). The highest BCUT2D eigenvalue weighted by atomic mass is 19.4. The van der Waals surface area contributed by atoms with Crippen molar-refractivity contribution in [2.24, 2.45) is 5.92 Å². The first-order chi connectivity index (χ1) is 21.5. The molecule has 1 saturated carbocycles. The van der Waals surface area contributed by atoms with E-state index < -0.39 is 29.6 Å². The van der Waals surface area contributed by atoms with Crippen LogP contribution in [0.2, 0.25) is 0 Å². The van der Waals surface area contributed by atoms with Gasteiger partial charge in [0.05, 0.1) is 17.0 Å². The maximum Gasteiger partial charge on any atom is 0.391 e. The zero-order valence-electron chi connectivity index (χ0n) is 24.9. The molecule has 0 bridgehead atoms. The monoisotopic (exact) mass is 626 g/mol. The molecule has 0 radical (unpaired) electrons. The number of likely N-dealkylation sites (N-methyl/N-ethyl adjacent to an activating group) is 1. The molecule has 0 atom stereocenters. The summed E-state index contributed by atoms with van der Waals surface area (Å²) in [6.07, 6.45) is -3.12. The lowest BCUT2D eigenvalue weighted by atomic mass is 9.85. The van der Waals surface area contributed by atoms with Crippen molar-refractivity contribution in [1.29, 1.82) is 0 Å². The number of hydrogen-bond acceptors (Lipinski definition) is 5. The molecular weight excluding hydrogens is 591 g/mol. The topological polar surface area (TPSA) is 76.3 Å². The summed E-state index contributed by atoms with van der Waals surface area (Å²) < 4.78 is 67.3. The van der Waals surface area contributed by atoms with E-state index in [1.807, 2.05) is 24.3 Å². The van der Waals surface area contributed by atoms with Gasteiger partial charge in [-0.1, -0.05) is 6.07 Å². The van der Waals surface area contributed by atoms with Crippen LogP contribution in [0.3, 0.4) is 0 Å². The number of fused-ring (bicyclic) bond motifs is 1. The molecule has 2 heterocycles. The Labute approximate surface area is 257 Å². The van der Waals surface area contributed by atoms with Gasteiger partial charge in [0.25, 0.3) is 5.91 Å². The third-order valence-corrected chi connectivity index (χ3v) is 8.86. The zero-order valence-corrected chi connectivity index (χ0v) is 24.9. The average molecular weight is 627 g/mol. The summed E-state index contributed by atoms with van der Waals surface area (Å²) in [4.78, 5) is 18.2. The lowest BCUT2D eigenvalue weighted by molar-refractivity contribution is -0.182. The van der Waals surface area contributed by atoms with Gasteiger partial charge in [-0.3, -0.25) is 9.89 Å². The Morgan fingerprint density at radius 3 is 2.31 bits per heavy atom. The molecule has 7 nitrogen and oxygen atoms in total. The fourth-order valence-electron chi connectivity index (χ4n) is 6.29. The molecule has 12 heteroatoms. The third kappa shape index (κ3) is 7.22. The second-order valence-electron chi connectivity index (χ2n) is 12.1.